The number of nitrogens with zero attached hydrogens (tertiary/aromatic N) is 8. The van der Waals surface area contributed by atoms with E-state index in [9.17, 15) is 0 Å². The van der Waals surface area contributed by atoms with Gasteiger partial charge in [-0.1, -0.05) is 273 Å². The fourth-order valence-electron chi connectivity index (χ4n) is 13.5. The van der Waals surface area contributed by atoms with Crippen LogP contribution in [-0.4, -0.2) is 39.9 Å². The molecule has 19 aromatic rings. The molecule has 0 N–H and O–H groups in total. The Hall–Kier alpha value is -13.6. The zero-order valence-corrected chi connectivity index (χ0v) is 54.1. The molecule has 0 aliphatic heterocycles. The smallest absolute Gasteiger partial charge is 0.179 e. The van der Waals surface area contributed by atoms with Crippen LogP contribution in [0.15, 0.2) is 352 Å². The lowest BCUT2D eigenvalue weighted by molar-refractivity contribution is 1.16. The fourth-order valence-corrected chi connectivity index (χ4v) is 13.5. The largest absolute Gasteiger partial charge is 0.248 e. The number of aromatic nitrogens is 8. The molecule has 0 atom stereocenters. The van der Waals surface area contributed by atoms with Crippen molar-refractivity contribution in [3.63, 3.8) is 0 Å². The summed E-state index contributed by atoms with van der Waals surface area (Å²) in [5.41, 5.74) is 21.4. The summed E-state index contributed by atoms with van der Waals surface area (Å²) in [5, 5.41) is 11.7. The van der Waals surface area contributed by atoms with Crippen molar-refractivity contribution in [3.8, 4) is 113 Å². The quantitative estimate of drug-likeness (QED) is 0.125. The van der Waals surface area contributed by atoms with Crippen LogP contribution < -0.4 is 0 Å². The number of rotatable bonds is 10. The van der Waals surface area contributed by atoms with E-state index in [4.69, 9.17) is 39.9 Å². The molecule has 0 unspecified atom stereocenters. The van der Waals surface area contributed by atoms with E-state index in [1.54, 1.807) is 0 Å². The first-order chi connectivity index (χ1) is 49.5. The second-order valence-corrected chi connectivity index (χ2v) is 25.1. The van der Waals surface area contributed by atoms with Gasteiger partial charge >= 0.3 is 0 Å². The lowest BCUT2D eigenvalue weighted by Crippen LogP contribution is -1.97. The highest BCUT2D eigenvalue weighted by molar-refractivity contribution is 6.14. The first-order valence-corrected chi connectivity index (χ1v) is 33.5. The van der Waals surface area contributed by atoms with E-state index in [-0.39, 0.29) is 0 Å². The summed E-state index contributed by atoms with van der Waals surface area (Å²) in [5.74, 6) is 1.20. The van der Waals surface area contributed by atoms with Gasteiger partial charge in [-0.05, 0) is 133 Å². The van der Waals surface area contributed by atoms with Gasteiger partial charge < -0.3 is 0 Å². The molecular formula is C92H58N8. The molecule has 100 heavy (non-hydrogen) atoms. The predicted molar refractivity (Wildman–Crippen MR) is 412 cm³/mol. The summed E-state index contributed by atoms with van der Waals surface area (Å²) in [6.07, 6.45) is 0. The zero-order valence-electron chi connectivity index (χ0n) is 54.1. The van der Waals surface area contributed by atoms with Crippen LogP contribution in [0.4, 0.5) is 0 Å². The first-order valence-electron chi connectivity index (χ1n) is 33.5. The van der Waals surface area contributed by atoms with Crippen LogP contribution in [0.3, 0.4) is 0 Å². The molecule has 0 saturated heterocycles. The summed E-state index contributed by atoms with van der Waals surface area (Å²) < 4.78 is 0. The molecule has 0 radical (unpaired) electrons. The van der Waals surface area contributed by atoms with Crippen LogP contribution in [0.25, 0.3) is 189 Å². The summed E-state index contributed by atoms with van der Waals surface area (Å²) in [7, 11) is 0. The number of fused-ring (bicyclic) bond motifs is 8. The molecule has 0 amide bonds. The van der Waals surface area contributed by atoms with Crippen LogP contribution in [0.5, 0.6) is 0 Å². The second-order valence-electron chi connectivity index (χ2n) is 25.1. The van der Waals surface area contributed by atoms with Gasteiger partial charge in [0.25, 0.3) is 0 Å². The predicted octanol–water partition coefficient (Wildman–Crippen LogP) is 23.3. The molecule has 0 spiro atoms. The average Bonchev–Trinajstić information content (AvgIpc) is 0.771. The summed E-state index contributed by atoms with van der Waals surface area (Å²) >= 11 is 0. The number of pyridine rings is 4. The van der Waals surface area contributed by atoms with Crippen molar-refractivity contribution < 1.29 is 0 Å². The van der Waals surface area contributed by atoms with Crippen molar-refractivity contribution in [2.24, 2.45) is 0 Å². The second kappa shape index (κ2) is 25.5. The molecule has 19 rings (SSSR count). The van der Waals surface area contributed by atoms with E-state index < -0.39 is 0 Å². The zero-order chi connectivity index (χ0) is 66.3. The van der Waals surface area contributed by atoms with E-state index in [2.05, 4.69) is 261 Å². The van der Waals surface area contributed by atoms with Crippen molar-refractivity contribution in [1.29, 1.82) is 0 Å². The van der Waals surface area contributed by atoms with Gasteiger partial charge in [-0.3, -0.25) is 0 Å². The molecule has 8 heteroatoms. The van der Waals surface area contributed by atoms with Crippen molar-refractivity contribution in [2.75, 3.05) is 0 Å². The normalized spacial score (nSPS) is 11.4. The standard InChI is InChI=1S/C48H30N4.C44H28N4/c1-3-11-32(12-4-1)45-30-46(33-13-5-2-6-14-33)52-48(51-45)43-27-22-34-19-21-37(29-44(34)50-43)36-23-25-41-38(28-36)24-26-42(49-41)40-17-9-15-35-20-18-31-10-7-8-16-39(31)47(35)40;1-3-10-30(11-4-1)42-28-43(31-12-5-2-6-13-31)48-44(47-42)40-24-19-32-16-17-35(27-41(32)46-40)34-20-22-38-37(26-34)21-23-39(45-38)36-18-15-29-9-7-8-14-33(29)25-36/h1-30H;1-28H. The highest BCUT2D eigenvalue weighted by Crippen LogP contribution is 2.38. The van der Waals surface area contributed by atoms with Gasteiger partial charge in [-0.2, -0.15) is 0 Å². The van der Waals surface area contributed by atoms with Gasteiger partial charge in [-0.25, -0.2) is 39.9 Å². The van der Waals surface area contributed by atoms with Gasteiger partial charge in [0, 0.05) is 54.9 Å². The summed E-state index contributed by atoms with van der Waals surface area (Å²) in [4.78, 5) is 40.4. The Balaban J connectivity index is 0.000000145. The maximum Gasteiger partial charge on any atom is 0.179 e. The van der Waals surface area contributed by atoms with Crippen LogP contribution in [-0.2, 0) is 0 Å². The van der Waals surface area contributed by atoms with Crippen LogP contribution in [0.1, 0.15) is 0 Å². The molecule has 6 aromatic heterocycles. The minimum Gasteiger partial charge on any atom is -0.248 e. The summed E-state index contributed by atoms with van der Waals surface area (Å²) in [6, 6.07) is 122. The third kappa shape index (κ3) is 11.7. The Morgan fingerprint density at radius 2 is 0.500 bits per heavy atom. The van der Waals surface area contributed by atoms with Crippen LogP contribution >= 0.6 is 0 Å². The minimum absolute atomic E-state index is 0.597. The average molecular weight is 1280 g/mol. The Bertz CT molecular complexity index is 6230. The van der Waals surface area contributed by atoms with E-state index in [0.717, 1.165) is 145 Å². The van der Waals surface area contributed by atoms with Crippen molar-refractivity contribution in [1.82, 2.24) is 39.9 Å². The van der Waals surface area contributed by atoms with Crippen LogP contribution in [0, 0.1) is 0 Å². The lowest BCUT2D eigenvalue weighted by atomic mass is 9.95. The topological polar surface area (TPSA) is 103 Å². The third-order valence-corrected chi connectivity index (χ3v) is 18.7. The molecule has 0 bridgehead atoms. The fraction of sp³-hybridized carbons (Fsp3) is 0. The highest BCUT2D eigenvalue weighted by Gasteiger charge is 2.17. The van der Waals surface area contributed by atoms with Gasteiger partial charge in [0.1, 0.15) is 11.4 Å². The number of hydrogen-bond acceptors (Lipinski definition) is 8. The maximum absolute atomic E-state index is 5.16. The first kappa shape index (κ1) is 59.0. The Labute approximate surface area is 577 Å². The molecular weight excluding hydrogens is 1220 g/mol. The molecule has 8 nitrogen and oxygen atoms in total. The molecule has 0 aliphatic rings. The molecule has 0 fully saturated rings. The maximum atomic E-state index is 5.16. The Morgan fingerprint density at radius 3 is 1.03 bits per heavy atom. The molecule has 6 heterocycles. The summed E-state index contributed by atoms with van der Waals surface area (Å²) in [6.45, 7) is 0. The van der Waals surface area contributed by atoms with Crippen molar-refractivity contribution in [3.05, 3.63) is 352 Å². The minimum atomic E-state index is 0.597. The number of hydrogen-bond donors (Lipinski definition) is 0. The Morgan fingerprint density at radius 1 is 0.150 bits per heavy atom. The van der Waals surface area contributed by atoms with Gasteiger partial charge in [0.15, 0.2) is 11.6 Å². The van der Waals surface area contributed by atoms with Gasteiger partial charge in [0.2, 0.25) is 0 Å². The highest BCUT2D eigenvalue weighted by atomic mass is 14.9. The van der Waals surface area contributed by atoms with Crippen molar-refractivity contribution >= 4 is 75.9 Å². The SMILES string of the molecule is c1ccc(-c2cc(-c3ccccc3)nc(-c3ccc4ccc(-c5ccc6nc(-c7ccc8ccccc8c7)ccc6c5)cc4n3)n2)cc1.c1ccc(-c2cc(-c3ccccc3)nc(-c3ccc4ccc(-c5ccc6nc(-c7cccc8ccc9ccccc9c78)ccc6c5)cc4n3)n2)cc1. The molecule has 0 saturated carbocycles. The molecule has 466 valence electrons. The van der Waals surface area contributed by atoms with Gasteiger partial charge in [-0.15, -0.1) is 0 Å². The van der Waals surface area contributed by atoms with E-state index in [1.807, 2.05) is 91.0 Å². The van der Waals surface area contributed by atoms with E-state index in [1.165, 1.54) is 32.3 Å². The van der Waals surface area contributed by atoms with E-state index >= 15 is 0 Å². The number of benzene rings is 13. The van der Waals surface area contributed by atoms with Crippen molar-refractivity contribution in [2.45, 2.75) is 0 Å². The van der Waals surface area contributed by atoms with Gasteiger partial charge in [0.05, 0.1) is 56.2 Å². The van der Waals surface area contributed by atoms with Crippen LogP contribution in [0.2, 0.25) is 0 Å². The molecule has 0 aliphatic carbocycles. The Kier molecular flexibility index (Phi) is 15.1. The third-order valence-electron chi connectivity index (χ3n) is 18.7. The molecule has 13 aromatic carbocycles. The monoisotopic (exact) mass is 1270 g/mol. The lowest BCUT2D eigenvalue weighted by Gasteiger charge is -2.11. The van der Waals surface area contributed by atoms with E-state index in [0.29, 0.717) is 11.6 Å².